The van der Waals surface area contributed by atoms with Crippen LogP contribution in [0.2, 0.25) is 0 Å². The van der Waals surface area contributed by atoms with Gasteiger partial charge in [-0.1, -0.05) is 6.92 Å². The molecule has 2 N–H and O–H groups in total. The minimum absolute atomic E-state index is 0.246. The predicted octanol–water partition coefficient (Wildman–Crippen LogP) is 0.00430. The Bertz CT molecular complexity index is 430. The van der Waals surface area contributed by atoms with Gasteiger partial charge in [0.1, 0.15) is 11.8 Å². The summed E-state index contributed by atoms with van der Waals surface area (Å²) < 4.78 is 10.0. The molecule has 1 atom stereocenters. The topological polar surface area (TPSA) is 93.5 Å². The van der Waals surface area contributed by atoms with Crippen molar-refractivity contribution in [3.63, 3.8) is 0 Å². The van der Waals surface area contributed by atoms with E-state index < -0.39 is 12.0 Å². The van der Waals surface area contributed by atoms with Crippen LogP contribution in [0.1, 0.15) is 25.5 Å². The lowest BCUT2D eigenvalue weighted by Gasteiger charge is -2.15. The van der Waals surface area contributed by atoms with Crippen LogP contribution in [-0.4, -0.2) is 36.6 Å². The highest BCUT2D eigenvalue weighted by atomic mass is 16.5. The molecule has 0 aliphatic rings. The maximum Gasteiger partial charge on any atom is 0.329 e. The fraction of sp³-hybridized carbons (Fsp3) is 0.583. The van der Waals surface area contributed by atoms with E-state index >= 15 is 0 Å². The number of carbonyl (C=O) groups is 2. The second-order valence-electron chi connectivity index (χ2n) is 3.98. The zero-order chi connectivity index (χ0) is 14.3. The number of esters is 1. The van der Waals surface area contributed by atoms with Gasteiger partial charge in [0.05, 0.1) is 19.9 Å². The summed E-state index contributed by atoms with van der Waals surface area (Å²) in [6, 6.07) is -0.719. The van der Waals surface area contributed by atoms with Gasteiger partial charge in [-0.15, -0.1) is 0 Å². The number of nitrogens with zero attached hydrogens (tertiary/aromatic N) is 1. The number of methoxy groups -OCH3 is 1. The van der Waals surface area contributed by atoms with E-state index in [0.717, 1.165) is 12.2 Å². The lowest BCUT2D eigenvalue weighted by Crippen LogP contribution is -2.46. The fourth-order valence-electron chi connectivity index (χ4n) is 1.50. The predicted molar refractivity (Wildman–Crippen MR) is 67.2 cm³/mol. The number of oxazole rings is 1. The molecule has 0 saturated heterocycles. The SMILES string of the molecule is CCc1cnc(CNCC(NC(C)=O)C(=O)OC)o1. The molecule has 7 heteroatoms. The van der Waals surface area contributed by atoms with E-state index in [1.54, 1.807) is 6.20 Å². The summed E-state index contributed by atoms with van der Waals surface area (Å²) in [6.45, 7) is 3.95. The Labute approximate surface area is 111 Å². The number of hydrogen-bond acceptors (Lipinski definition) is 6. The molecule has 0 aliphatic carbocycles. The van der Waals surface area contributed by atoms with Gasteiger partial charge >= 0.3 is 5.97 Å². The van der Waals surface area contributed by atoms with E-state index in [0.29, 0.717) is 12.4 Å². The van der Waals surface area contributed by atoms with Crippen molar-refractivity contribution >= 4 is 11.9 Å². The van der Waals surface area contributed by atoms with Crippen molar-refractivity contribution in [3.05, 3.63) is 17.8 Å². The molecule has 0 saturated carbocycles. The molecule has 106 valence electrons. The molecular weight excluding hydrogens is 250 g/mol. The van der Waals surface area contributed by atoms with Crippen molar-refractivity contribution in [2.24, 2.45) is 0 Å². The minimum atomic E-state index is -0.719. The summed E-state index contributed by atoms with van der Waals surface area (Å²) in [7, 11) is 1.28. The van der Waals surface area contributed by atoms with E-state index in [9.17, 15) is 9.59 Å². The summed E-state index contributed by atoms with van der Waals surface area (Å²) in [6.07, 6.45) is 2.45. The standard InChI is InChI=1S/C12H19N3O4/c1-4-9-5-14-11(19-9)7-13-6-10(12(17)18-3)15-8(2)16/h5,10,13H,4,6-7H2,1-3H3,(H,15,16). The number of aromatic nitrogens is 1. The van der Waals surface area contributed by atoms with E-state index in [1.807, 2.05) is 6.92 Å². The van der Waals surface area contributed by atoms with Gasteiger partial charge < -0.3 is 19.8 Å². The maximum atomic E-state index is 11.4. The first kappa shape index (κ1) is 15.2. The molecule has 0 radical (unpaired) electrons. The molecule has 0 aliphatic heterocycles. The van der Waals surface area contributed by atoms with E-state index in [-0.39, 0.29) is 12.5 Å². The largest absolute Gasteiger partial charge is 0.467 e. The van der Waals surface area contributed by atoms with Gasteiger partial charge in [0.25, 0.3) is 0 Å². The Kier molecular flexibility index (Phi) is 6.01. The number of rotatable bonds is 7. The number of aryl methyl sites for hydroxylation is 1. The van der Waals surface area contributed by atoms with Crippen LogP contribution >= 0.6 is 0 Å². The zero-order valence-electron chi connectivity index (χ0n) is 11.4. The molecule has 1 aromatic rings. The molecule has 1 rings (SSSR count). The maximum absolute atomic E-state index is 11.4. The monoisotopic (exact) mass is 269 g/mol. The lowest BCUT2D eigenvalue weighted by molar-refractivity contribution is -0.144. The number of nitrogens with one attached hydrogen (secondary N) is 2. The van der Waals surface area contributed by atoms with Crippen molar-refractivity contribution < 1.29 is 18.7 Å². The molecule has 1 aromatic heterocycles. The van der Waals surface area contributed by atoms with Crippen LogP contribution in [0, 0.1) is 0 Å². The Balaban J connectivity index is 2.43. The van der Waals surface area contributed by atoms with Crippen molar-refractivity contribution in [1.29, 1.82) is 0 Å². The van der Waals surface area contributed by atoms with E-state index in [2.05, 4.69) is 20.4 Å². The van der Waals surface area contributed by atoms with Crippen LogP contribution in [0.15, 0.2) is 10.6 Å². The van der Waals surface area contributed by atoms with Gasteiger partial charge in [-0.3, -0.25) is 4.79 Å². The minimum Gasteiger partial charge on any atom is -0.467 e. The molecule has 0 bridgehead atoms. The summed E-state index contributed by atoms with van der Waals surface area (Å²) in [4.78, 5) is 26.5. The van der Waals surface area contributed by atoms with Crippen LogP contribution in [-0.2, 0) is 27.3 Å². The Morgan fingerprint density at radius 1 is 1.53 bits per heavy atom. The van der Waals surface area contributed by atoms with Crippen LogP contribution in [0.4, 0.5) is 0 Å². The number of amides is 1. The molecule has 0 fully saturated rings. The fourth-order valence-corrected chi connectivity index (χ4v) is 1.50. The van der Waals surface area contributed by atoms with E-state index in [4.69, 9.17) is 4.42 Å². The molecule has 1 heterocycles. The average Bonchev–Trinajstić information content (AvgIpc) is 2.84. The zero-order valence-corrected chi connectivity index (χ0v) is 11.4. The van der Waals surface area contributed by atoms with Gasteiger partial charge in [-0.2, -0.15) is 0 Å². The first-order valence-electron chi connectivity index (χ1n) is 6.06. The highest BCUT2D eigenvalue weighted by Crippen LogP contribution is 2.03. The smallest absolute Gasteiger partial charge is 0.329 e. The number of ether oxygens (including phenoxy) is 1. The third kappa shape index (κ3) is 5.09. The summed E-state index contributed by atoms with van der Waals surface area (Å²) in [5.74, 6) is 0.567. The molecule has 0 aromatic carbocycles. The first-order chi connectivity index (χ1) is 9.06. The average molecular weight is 269 g/mol. The summed E-state index contributed by atoms with van der Waals surface area (Å²) in [5.41, 5.74) is 0. The van der Waals surface area contributed by atoms with Crippen molar-refractivity contribution in [3.8, 4) is 0 Å². The molecule has 0 spiro atoms. The number of carbonyl (C=O) groups excluding carboxylic acids is 2. The van der Waals surface area contributed by atoms with Gasteiger partial charge in [-0.25, -0.2) is 9.78 Å². The highest BCUT2D eigenvalue weighted by molar-refractivity contribution is 5.83. The van der Waals surface area contributed by atoms with Gasteiger partial charge in [0.2, 0.25) is 11.8 Å². The third-order valence-electron chi connectivity index (χ3n) is 2.44. The first-order valence-corrected chi connectivity index (χ1v) is 6.06. The van der Waals surface area contributed by atoms with Crippen LogP contribution in [0.3, 0.4) is 0 Å². The normalized spacial score (nSPS) is 11.9. The van der Waals surface area contributed by atoms with Crippen LogP contribution < -0.4 is 10.6 Å². The lowest BCUT2D eigenvalue weighted by atomic mass is 10.3. The van der Waals surface area contributed by atoms with Crippen LogP contribution in [0.5, 0.6) is 0 Å². The van der Waals surface area contributed by atoms with Gasteiger partial charge in [0, 0.05) is 19.9 Å². The molecule has 7 nitrogen and oxygen atoms in total. The Morgan fingerprint density at radius 3 is 2.79 bits per heavy atom. The number of hydrogen-bond donors (Lipinski definition) is 2. The molecular formula is C12H19N3O4. The third-order valence-corrected chi connectivity index (χ3v) is 2.44. The van der Waals surface area contributed by atoms with Crippen molar-refractivity contribution in [1.82, 2.24) is 15.6 Å². The van der Waals surface area contributed by atoms with Crippen LogP contribution in [0.25, 0.3) is 0 Å². The summed E-state index contributed by atoms with van der Waals surface area (Å²) >= 11 is 0. The second-order valence-corrected chi connectivity index (χ2v) is 3.98. The summed E-state index contributed by atoms with van der Waals surface area (Å²) in [5, 5.41) is 5.49. The van der Waals surface area contributed by atoms with Crippen molar-refractivity contribution in [2.45, 2.75) is 32.9 Å². The Hall–Kier alpha value is -1.89. The van der Waals surface area contributed by atoms with Gasteiger partial charge in [0.15, 0.2) is 0 Å². The van der Waals surface area contributed by atoms with E-state index in [1.165, 1.54) is 14.0 Å². The highest BCUT2D eigenvalue weighted by Gasteiger charge is 2.19. The molecule has 1 amide bonds. The quantitative estimate of drug-likeness (QED) is 0.677. The molecule has 19 heavy (non-hydrogen) atoms. The van der Waals surface area contributed by atoms with Crippen molar-refractivity contribution in [2.75, 3.05) is 13.7 Å². The van der Waals surface area contributed by atoms with Gasteiger partial charge in [-0.05, 0) is 0 Å². The Morgan fingerprint density at radius 2 is 2.26 bits per heavy atom. The molecule has 1 unspecified atom stereocenters. The second kappa shape index (κ2) is 7.52.